The van der Waals surface area contributed by atoms with Gasteiger partial charge in [-0.25, -0.2) is 0 Å². The second-order valence-electron chi connectivity index (χ2n) is 6.01. The molecular weight excluding hydrogens is 236 g/mol. The molecule has 2 heteroatoms. The fourth-order valence-electron chi connectivity index (χ4n) is 1.95. The molecule has 0 saturated carbocycles. The molecule has 0 fully saturated rings. The van der Waals surface area contributed by atoms with Crippen LogP contribution in [0.3, 0.4) is 0 Å². The third-order valence-corrected chi connectivity index (χ3v) is 3.40. The predicted molar refractivity (Wildman–Crippen MR) is 76.8 cm³/mol. The SMILES string of the molecule is Cc1cc(C(=O)c2ccc(C(C)(C)C)cc2)oc1C. The van der Waals surface area contributed by atoms with Gasteiger partial charge in [0.15, 0.2) is 5.76 Å². The third-order valence-electron chi connectivity index (χ3n) is 3.40. The van der Waals surface area contributed by atoms with E-state index < -0.39 is 0 Å². The van der Waals surface area contributed by atoms with E-state index >= 15 is 0 Å². The number of hydrogen-bond acceptors (Lipinski definition) is 2. The molecule has 2 aromatic rings. The van der Waals surface area contributed by atoms with E-state index in [0.717, 1.165) is 11.3 Å². The van der Waals surface area contributed by atoms with E-state index in [1.807, 2.05) is 38.1 Å². The zero-order valence-electron chi connectivity index (χ0n) is 12.2. The lowest BCUT2D eigenvalue weighted by molar-refractivity contribution is 0.101. The van der Waals surface area contributed by atoms with Crippen molar-refractivity contribution in [1.82, 2.24) is 0 Å². The summed E-state index contributed by atoms with van der Waals surface area (Å²) in [6.07, 6.45) is 0. The normalized spacial score (nSPS) is 11.6. The monoisotopic (exact) mass is 256 g/mol. The lowest BCUT2D eigenvalue weighted by Gasteiger charge is -2.18. The number of ketones is 1. The summed E-state index contributed by atoms with van der Waals surface area (Å²) >= 11 is 0. The maximum Gasteiger partial charge on any atom is 0.228 e. The van der Waals surface area contributed by atoms with E-state index in [1.54, 1.807) is 6.07 Å². The van der Waals surface area contributed by atoms with Crippen molar-refractivity contribution in [3.05, 3.63) is 58.5 Å². The maximum atomic E-state index is 12.3. The van der Waals surface area contributed by atoms with Crippen molar-refractivity contribution < 1.29 is 9.21 Å². The zero-order chi connectivity index (χ0) is 14.2. The van der Waals surface area contributed by atoms with Crippen LogP contribution in [-0.2, 0) is 5.41 Å². The van der Waals surface area contributed by atoms with Crippen molar-refractivity contribution >= 4 is 5.78 Å². The van der Waals surface area contributed by atoms with Gasteiger partial charge in [0, 0.05) is 5.56 Å². The first kappa shape index (κ1) is 13.6. The molecular formula is C17H20O2. The van der Waals surface area contributed by atoms with Gasteiger partial charge in [0.2, 0.25) is 5.78 Å². The average molecular weight is 256 g/mol. The van der Waals surface area contributed by atoms with Crippen molar-refractivity contribution in [3.8, 4) is 0 Å². The summed E-state index contributed by atoms with van der Waals surface area (Å²) in [5.41, 5.74) is 2.99. The molecule has 0 unspecified atom stereocenters. The van der Waals surface area contributed by atoms with Crippen molar-refractivity contribution in [1.29, 1.82) is 0 Å². The summed E-state index contributed by atoms with van der Waals surface area (Å²) in [6, 6.07) is 9.56. The van der Waals surface area contributed by atoms with Crippen LogP contribution in [0.5, 0.6) is 0 Å². The number of carbonyl (C=O) groups is 1. The van der Waals surface area contributed by atoms with Crippen LogP contribution in [-0.4, -0.2) is 5.78 Å². The maximum absolute atomic E-state index is 12.3. The fourth-order valence-corrected chi connectivity index (χ4v) is 1.95. The molecule has 0 aliphatic heterocycles. The molecule has 2 rings (SSSR count). The second kappa shape index (κ2) is 4.69. The standard InChI is InChI=1S/C17H20O2/c1-11-10-15(19-12(11)2)16(18)13-6-8-14(9-7-13)17(3,4)5/h6-10H,1-5H3. The van der Waals surface area contributed by atoms with Crippen LogP contribution in [0.25, 0.3) is 0 Å². The van der Waals surface area contributed by atoms with Gasteiger partial charge in [0.25, 0.3) is 0 Å². The smallest absolute Gasteiger partial charge is 0.228 e. The van der Waals surface area contributed by atoms with E-state index in [1.165, 1.54) is 5.56 Å². The molecule has 0 atom stereocenters. The molecule has 0 N–H and O–H groups in total. The van der Waals surface area contributed by atoms with Crippen LogP contribution >= 0.6 is 0 Å². The number of rotatable bonds is 2. The molecule has 2 nitrogen and oxygen atoms in total. The highest BCUT2D eigenvalue weighted by Crippen LogP contribution is 2.23. The predicted octanol–water partition coefficient (Wildman–Crippen LogP) is 4.42. The molecule has 0 amide bonds. The first-order valence-electron chi connectivity index (χ1n) is 6.51. The van der Waals surface area contributed by atoms with Crippen LogP contribution in [0, 0.1) is 13.8 Å². The van der Waals surface area contributed by atoms with Gasteiger partial charge in [-0.1, -0.05) is 45.0 Å². The van der Waals surface area contributed by atoms with Crippen LogP contribution in [0.1, 0.15) is 53.8 Å². The zero-order valence-corrected chi connectivity index (χ0v) is 12.2. The first-order valence-corrected chi connectivity index (χ1v) is 6.51. The summed E-state index contributed by atoms with van der Waals surface area (Å²) < 4.78 is 5.48. The Morgan fingerprint density at radius 1 is 1.05 bits per heavy atom. The summed E-state index contributed by atoms with van der Waals surface area (Å²) in [6.45, 7) is 10.3. The minimum Gasteiger partial charge on any atom is -0.458 e. The summed E-state index contributed by atoms with van der Waals surface area (Å²) in [5.74, 6) is 1.16. The van der Waals surface area contributed by atoms with Crippen LogP contribution in [0.4, 0.5) is 0 Å². The molecule has 0 spiro atoms. The number of hydrogen-bond donors (Lipinski definition) is 0. The molecule has 1 aromatic carbocycles. The number of benzene rings is 1. The Hall–Kier alpha value is -1.83. The molecule has 0 aliphatic rings. The molecule has 19 heavy (non-hydrogen) atoms. The fraction of sp³-hybridized carbons (Fsp3) is 0.353. The van der Waals surface area contributed by atoms with E-state index in [0.29, 0.717) is 11.3 Å². The topological polar surface area (TPSA) is 30.2 Å². The van der Waals surface area contributed by atoms with Crippen LogP contribution < -0.4 is 0 Å². The molecule has 1 heterocycles. The van der Waals surface area contributed by atoms with Gasteiger partial charge < -0.3 is 4.42 Å². The van der Waals surface area contributed by atoms with Gasteiger partial charge in [-0.3, -0.25) is 4.79 Å². The summed E-state index contributed by atoms with van der Waals surface area (Å²) in [5, 5.41) is 0. The number of aryl methyl sites for hydroxylation is 2. The Morgan fingerprint density at radius 3 is 2.05 bits per heavy atom. The Kier molecular flexibility index (Phi) is 3.36. The minimum atomic E-state index is -0.0586. The van der Waals surface area contributed by atoms with Crippen molar-refractivity contribution in [2.45, 2.75) is 40.0 Å². The van der Waals surface area contributed by atoms with Crippen molar-refractivity contribution in [2.24, 2.45) is 0 Å². The van der Waals surface area contributed by atoms with Gasteiger partial charge in [-0.05, 0) is 36.5 Å². The largest absolute Gasteiger partial charge is 0.458 e. The molecule has 0 saturated heterocycles. The average Bonchev–Trinajstić information content (AvgIpc) is 2.68. The lowest BCUT2D eigenvalue weighted by atomic mass is 9.86. The van der Waals surface area contributed by atoms with Gasteiger partial charge in [-0.15, -0.1) is 0 Å². The minimum absolute atomic E-state index is 0.0586. The van der Waals surface area contributed by atoms with E-state index in [4.69, 9.17) is 4.42 Å². The Morgan fingerprint density at radius 2 is 1.63 bits per heavy atom. The van der Waals surface area contributed by atoms with Gasteiger partial charge in [-0.2, -0.15) is 0 Å². The van der Waals surface area contributed by atoms with Crippen LogP contribution in [0.2, 0.25) is 0 Å². The highest BCUT2D eigenvalue weighted by Gasteiger charge is 2.17. The van der Waals surface area contributed by atoms with E-state index in [-0.39, 0.29) is 11.2 Å². The number of furan rings is 1. The van der Waals surface area contributed by atoms with Gasteiger partial charge in [0.1, 0.15) is 5.76 Å². The van der Waals surface area contributed by atoms with Crippen molar-refractivity contribution in [2.75, 3.05) is 0 Å². The quantitative estimate of drug-likeness (QED) is 0.744. The molecule has 0 aliphatic carbocycles. The highest BCUT2D eigenvalue weighted by atomic mass is 16.3. The lowest BCUT2D eigenvalue weighted by Crippen LogP contribution is -2.11. The van der Waals surface area contributed by atoms with Gasteiger partial charge >= 0.3 is 0 Å². The first-order chi connectivity index (χ1) is 8.79. The Labute approximate surface area is 114 Å². The Balaban J connectivity index is 2.30. The molecule has 0 bridgehead atoms. The Bertz CT molecular complexity index is 576. The molecule has 0 radical (unpaired) electrons. The summed E-state index contributed by atoms with van der Waals surface area (Å²) in [4.78, 5) is 12.3. The van der Waals surface area contributed by atoms with Crippen molar-refractivity contribution in [3.63, 3.8) is 0 Å². The summed E-state index contributed by atoms with van der Waals surface area (Å²) in [7, 11) is 0. The molecule has 1 aromatic heterocycles. The third kappa shape index (κ3) is 2.78. The van der Waals surface area contributed by atoms with E-state index in [9.17, 15) is 4.79 Å². The van der Waals surface area contributed by atoms with E-state index in [2.05, 4.69) is 20.8 Å². The second-order valence-corrected chi connectivity index (χ2v) is 6.01. The molecule has 100 valence electrons. The van der Waals surface area contributed by atoms with Gasteiger partial charge in [0.05, 0.1) is 0 Å². The highest BCUT2D eigenvalue weighted by molar-refractivity contribution is 6.07. The number of carbonyl (C=O) groups excluding carboxylic acids is 1. The van der Waals surface area contributed by atoms with Crippen LogP contribution in [0.15, 0.2) is 34.7 Å².